The molecule has 2 aliphatic heterocycles. The van der Waals surface area contributed by atoms with Gasteiger partial charge in [-0.2, -0.15) is 23.5 Å². The fourth-order valence-electron chi connectivity index (χ4n) is 12.9. The van der Waals surface area contributed by atoms with E-state index in [-0.39, 0.29) is 87.5 Å². The molecule has 5 aromatic rings. The van der Waals surface area contributed by atoms with Crippen molar-refractivity contribution in [2.75, 3.05) is 18.1 Å². The summed E-state index contributed by atoms with van der Waals surface area (Å²) in [6, 6.07) is 5.52. The van der Waals surface area contributed by atoms with Crippen molar-refractivity contribution < 1.29 is 87.9 Å². The van der Waals surface area contributed by atoms with E-state index >= 15 is 9.59 Å². The summed E-state index contributed by atoms with van der Waals surface area (Å²) in [6.45, 7) is 12.8. The molecule has 4 heterocycles. The Balaban J connectivity index is 1.24. The van der Waals surface area contributed by atoms with E-state index in [0.29, 0.717) is 45.0 Å². The Hall–Kier alpha value is -10.3. The number of fused-ring (bicyclic) bond motifs is 4. The van der Waals surface area contributed by atoms with Gasteiger partial charge >= 0.3 is 5.97 Å². The van der Waals surface area contributed by atoms with Crippen molar-refractivity contribution in [2.24, 2.45) is 17.1 Å². The molecule has 7 rings (SSSR count). The van der Waals surface area contributed by atoms with Gasteiger partial charge in [0.05, 0.1) is 12.2 Å². The number of nitrogens with zero attached hydrogens (tertiary/aromatic N) is 2. The molecule has 0 aliphatic carbocycles. The molecule has 0 radical (unpaired) electrons. The van der Waals surface area contributed by atoms with Crippen molar-refractivity contribution in [1.82, 2.24) is 68.0 Å². The second-order valence-electron chi connectivity index (χ2n) is 29.3. The fourth-order valence-corrected chi connectivity index (χ4v) is 14.8. The van der Waals surface area contributed by atoms with Gasteiger partial charge in [0.15, 0.2) is 0 Å². The molecule has 2 bridgehead atoms. The van der Waals surface area contributed by atoms with Gasteiger partial charge < -0.3 is 94.3 Å². The molecule has 0 unspecified atom stereocenters. The molecule has 0 saturated carbocycles. The highest BCUT2D eigenvalue weighted by molar-refractivity contribution is 7.98. The fraction of sp³-hybridized carbons (Fsp3) is 0.506. The van der Waals surface area contributed by atoms with Gasteiger partial charge in [0.2, 0.25) is 70.9 Å². The average molecular weight is 1580 g/mol. The Bertz CT molecular complexity index is 4100. The van der Waals surface area contributed by atoms with Gasteiger partial charge in [-0.15, -0.1) is 0 Å². The van der Waals surface area contributed by atoms with Crippen molar-refractivity contribution in [3.63, 3.8) is 0 Å². The summed E-state index contributed by atoms with van der Waals surface area (Å²) < 4.78 is 0. The zero-order valence-corrected chi connectivity index (χ0v) is 65.1. The summed E-state index contributed by atoms with van der Waals surface area (Å²) in [5, 5.41) is 79.6. The van der Waals surface area contributed by atoms with Crippen LogP contribution in [-0.4, -0.2) is 214 Å². The minimum Gasteiger partial charge on any atom is -0.508 e. The van der Waals surface area contributed by atoms with Crippen LogP contribution in [0.3, 0.4) is 0 Å². The summed E-state index contributed by atoms with van der Waals surface area (Å²) in [7, 11) is 0. The van der Waals surface area contributed by atoms with Gasteiger partial charge in [-0.25, -0.2) is 4.98 Å². The molecule has 0 spiro atoms. The first kappa shape index (κ1) is 87.9. The number of aromatic hydroxyl groups is 2. The van der Waals surface area contributed by atoms with Crippen LogP contribution in [0.5, 0.6) is 11.5 Å². The largest absolute Gasteiger partial charge is 0.508 e. The summed E-state index contributed by atoms with van der Waals surface area (Å²) in [5.41, 5.74) is 8.29. The number of carboxylic acids is 1. The van der Waals surface area contributed by atoms with Gasteiger partial charge in [0.25, 0.3) is 0 Å². The van der Waals surface area contributed by atoms with Gasteiger partial charge in [0, 0.05) is 79.4 Å². The zero-order valence-electron chi connectivity index (χ0n) is 63.5. The Morgan fingerprint density at radius 1 is 0.586 bits per heavy atom. The first-order chi connectivity index (χ1) is 52.6. The molecular formula is C77H104N14O18S2. The number of nitrogens with two attached hydrogens (primary N) is 1. The minimum atomic E-state index is -1.82. The van der Waals surface area contributed by atoms with Crippen molar-refractivity contribution in [2.45, 2.75) is 216 Å². The summed E-state index contributed by atoms with van der Waals surface area (Å²) in [6.07, 6.45) is -1.99. The Kier molecular flexibility index (Phi) is 33.0. The second kappa shape index (κ2) is 41.6. The van der Waals surface area contributed by atoms with Crippen LogP contribution >= 0.6 is 23.5 Å². The van der Waals surface area contributed by atoms with Crippen LogP contribution in [0, 0.1) is 11.3 Å². The predicted molar refractivity (Wildman–Crippen MR) is 414 cm³/mol. The maximum Gasteiger partial charge on any atom is 0.303 e. The number of pyridine rings is 1. The maximum atomic E-state index is 15.2. The monoisotopic (exact) mass is 1580 g/mol. The number of rotatable bonds is 16. The molecule has 2 aliphatic rings. The highest BCUT2D eigenvalue weighted by Gasteiger charge is 2.45. The van der Waals surface area contributed by atoms with Crippen LogP contribution in [0.1, 0.15) is 135 Å². The lowest BCUT2D eigenvalue weighted by Gasteiger charge is -2.34. The maximum absolute atomic E-state index is 15.2. The Labute approximate surface area is 652 Å². The number of aliphatic hydroxyl groups is 2. The smallest absolute Gasteiger partial charge is 0.303 e. The van der Waals surface area contributed by atoms with Crippen LogP contribution < -0.4 is 58.9 Å². The van der Waals surface area contributed by atoms with E-state index in [1.807, 2.05) is 24.3 Å². The number of H-pyrrole nitrogens is 1. The zero-order chi connectivity index (χ0) is 81.4. The topological polar surface area (TPSA) is 501 Å². The highest BCUT2D eigenvalue weighted by Crippen LogP contribution is 2.28. The van der Waals surface area contributed by atoms with Crippen molar-refractivity contribution in [3.8, 4) is 11.5 Å². The third-order valence-corrected chi connectivity index (χ3v) is 21.0. The molecule has 14 atom stereocenters. The van der Waals surface area contributed by atoms with Crippen molar-refractivity contribution in [3.05, 3.63) is 125 Å². The molecule has 2 aromatic heterocycles. The lowest BCUT2D eigenvalue weighted by atomic mass is 9.85. The molecular weight excluding hydrogens is 1470 g/mol. The predicted octanol–water partition coefficient (Wildman–Crippen LogP) is 1.42. The summed E-state index contributed by atoms with van der Waals surface area (Å²) in [5.74, 6) is -11.7. The number of phenols is 2. The van der Waals surface area contributed by atoms with Gasteiger partial charge in [-0.3, -0.25) is 62.3 Å². The number of benzene rings is 3. The van der Waals surface area contributed by atoms with Crippen molar-refractivity contribution >= 4 is 111 Å². The molecule has 34 heteroatoms. The molecule has 3 aromatic carbocycles. The van der Waals surface area contributed by atoms with Crippen LogP contribution in [0.25, 0.3) is 11.0 Å². The number of hydrogen-bond donors (Lipinski definition) is 17. The third kappa shape index (κ3) is 26.4. The number of primary amides is 1. The number of carbonyl (C=O) groups is 13. The molecule has 12 amide bonds. The summed E-state index contributed by atoms with van der Waals surface area (Å²) in [4.78, 5) is 195. The number of hydrogen-bond acceptors (Lipinski definition) is 20. The average Bonchev–Trinajstić information content (AvgIpc) is 0.911. The molecule has 1 fully saturated rings. The van der Waals surface area contributed by atoms with E-state index in [0.717, 1.165) is 11.1 Å². The number of aromatic amines is 1. The molecule has 1 saturated heterocycles. The first-order valence-corrected chi connectivity index (χ1v) is 39.3. The summed E-state index contributed by atoms with van der Waals surface area (Å²) >= 11 is 2.70. The van der Waals surface area contributed by atoms with Gasteiger partial charge in [-0.05, 0) is 115 Å². The van der Waals surface area contributed by atoms with Crippen LogP contribution in [0.4, 0.5) is 0 Å². The third-order valence-electron chi connectivity index (χ3n) is 18.9. The number of nitrogens with one attached hydrogen (secondary N) is 11. The first-order valence-electron chi connectivity index (χ1n) is 37.0. The number of amides is 12. The number of aliphatic hydroxyl groups excluding tert-OH is 2. The van der Waals surface area contributed by atoms with E-state index in [1.54, 1.807) is 72.0 Å². The van der Waals surface area contributed by atoms with E-state index in [4.69, 9.17) is 5.73 Å². The quantitative estimate of drug-likeness (QED) is 0.0664. The molecule has 32 nitrogen and oxygen atoms in total. The number of thioether (sulfide) groups is 2. The van der Waals surface area contributed by atoms with Crippen LogP contribution in [0.2, 0.25) is 0 Å². The van der Waals surface area contributed by atoms with Gasteiger partial charge in [-0.1, -0.05) is 103 Å². The van der Waals surface area contributed by atoms with E-state index < -0.39 is 174 Å². The van der Waals surface area contributed by atoms with E-state index in [2.05, 4.69) is 63.1 Å². The van der Waals surface area contributed by atoms with Crippen molar-refractivity contribution in [1.29, 1.82) is 0 Å². The SMILES string of the molecule is CCC[C@@H]1NC(=O)[C@H](Cc2c[nH]c3ncccc23)NC(=O)[C@H]([C@@H](C)O)NC(=O)[C@@H]2C[C@@H](C)CN2C(=O)[C@H](Cc2ccc(O)cc2)NC(=O)[C@H](C(C)(C)C)NC(=O)CCSCc2cccc(c2)CSC[C@@H](C(N)=O)NC(=O)[C@H]([C@@H](C)O)NC(=O)[C@H](CCC)NC(=O)[C@H](Cc2ccc(O)cc2)NC(=O)[C@H](CCC(=O)O)NC1=O. The van der Waals surface area contributed by atoms with Crippen LogP contribution in [0.15, 0.2) is 97.3 Å². The number of aromatic nitrogens is 2. The number of phenolic OH excluding ortho intramolecular Hbond substituents is 2. The molecule has 18 N–H and O–H groups in total. The lowest BCUT2D eigenvalue weighted by Crippen LogP contribution is -2.62. The van der Waals surface area contributed by atoms with Gasteiger partial charge in [0.1, 0.15) is 83.6 Å². The van der Waals surface area contributed by atoms with Crippen LogP contribution in [-0.2, 0) is 93.1 Å². The molecule has 111 heavy (non-hydrogen) atoms. The van der Waals surface area contributed by atoms with E-state index in [9.17, 15) is 78.3 Å². The standard InChI is InChI=1S/C77H104N14O18S2/c1-9-13-52-67(100)83-54(26-27-61(97)98)68(101)84-55(33-44-18-22-49(94)23-19-44)70(103)82-53(14-10-2)69(102)89-62(42(4)92)74(107)87-58(65(78)99)40-111-39-47-16-11-15-46(32-47)38-110-30-28-60(96)88-64(77(6,7)8)75(108)86-57(34-45-20-24-50(95)25-21-45)76(109)91-37-41(3)31-59(91)72(105)90-63(43(5)93)73(106)85-56(71(104)81-52)35-48-36-80-66-51(48)17-12-29-79-66/h11-12,15-25,29,32,36,41-43,52-59,62-64,92-95H,9-10,13-14,26-28,30-31,33-35,37-40H2,1-8H3,(H2,78,99)(H,79,80)(H,81,104)(H,82,103)(H,83,100)(H,84,101)(H,85,106)(H,86,108)(H,87,107)(H,88,96)(H,89,102)(H,90,105)(H,97,98)/t41-,42-,43-,52+,53+,54+,55+,56+,57+,58+,59+,62+,63+,64-/m1/s1. The highest BCUT2D eigenvalue weighted by atomic mass is 32.2. The lowest BCUT2D eigenvalue weighted by molar-refractivity contribution is -0.143. The van der Waals surface area contributed by atoms with E-state index in [1.165, 1.54) is 84.9 Å². The number of aliphatic carboxylic acids is 1. The second-order valence-corrected chi connectivity index (χ2v) is 31.4. The number of carboxylic acid groups (broad SMARTS) is 1. The normalized spacial score (nSPS) is 25.0. The minimum absolute atomic E-state index is 0.00570. The molecule has 602 valence electrons. The number of carbonyl (C=O) groups excluding carboxylic acids is 12. The Morgan fingerprint density at radius 3 is 1.61 bits per heavy atom. The Morgan fingerprint density at radius 2 is 1.07 bits per heavy atom.